The number of hydrogen-bond acceptors (Lipinski definition) is 1. The van der Waals surface area contributed by atoms with Crippen LogP contribution in [0.3, 0.4) is 0 Å². The van der Waals surface area contributed by atoms with Gasteiger partial charge in [-0.25, -0.2) is 3.21 Å². The average molecular weight is 300 g/mol. The van der Waals surface area contributed by atoms with Crippen LogP contribution in [-0.2, 0) is 0 Å². The summed E-state index contributed by atoms with van der Waals surface area (Å²) in [6.45, 7) is 0. The molecule has 1 aromatic rings. The molecular weight excluding hydrogens is 296 g/mol. The Morgan fingerprint density at radius 2 is 2.00 bits per heavy atom. The van der Waals surface area contributed by atoms with E-state index in [0.29, 0.717) is 10.0 Å². The van der Waals surface area contributed by atoms with Crippen LogP contribution in [0.5, 0.6) is 0 Å². The third kappa shape index (κ3) is 2.61. The molecule has 0 aliphatic rings. The summed E-state index contributed by atoms with van der Waals surface area (Å²) < 4.78 is 3.82. The SMILES string of the molecule is Clc1ccc(/C=N/I)cc1Cl. The maximum Gasteiger partial charge on any atom is 0.0831 e. The standard InChI is InChI=1S/C7H4Cl2IN/c8-6-2-1-5(4-11-10)3-7(6)9/h1-4H/b11-4+. The second kappa shape index (κ2) is 4.28. The second-order valence-corrected chi connectivity index (χ2v) is 3.27. The van der Waals surface area contributed by atoms with Gasteiger partial charge in [0, 0.05) is 6.21 Å². The van der Waals surface area contributed by atoms with Crippen LogP contribution < -0.4 is 0 Å². The molecule has 0 saturated carbocycles. The molecule has 1 aromatic carbocycles. The second-order valence-electron chi connectivity index (χ2n) is 1.90. The third-order valence-corrected chi connectivity index (χ3v) is 2.16. The fourth-order valence-electron chi connectivity index (χ4n) is 0.649. The zero-order valence-corrected chi connectivity index (χ0v) is 9.06. The zero-order valence-electron chi connectivity index (χ0n) is 5.39. The van der Waals surface area contributed by atoms with Crippen LogP contribution in [0.2, 0.25) is 10.0 Å². The van der Waals surface area contributed by atoms with E-state index in [-0.39, 0.29) is 0 Å². The van der Waals surface area contributed by atoms with Crippen molar-refractivity contribution in [1.29, 1.82) is 0 Å². The van der Waals surface area contributed by atoms with E-state index in [0.717, 1.165) is 5.56 Å². The molecule has 11 heavy (non-hydrogen) atoms. The smallest absolute Gasteiger partial charge is 0.0831 e. The van der Waals surface area contributed by atoms with Crippen molar-refractivity contribution in [3.63, 3.8) is 0 Å². The first-order valence-electron chi connectivity index (χ1n) is 2.83. The van der Waals surface area contributed by atoms with Crippen LogP contribution >= 0.6 is 46.1 Å². The Balaban J connectivity index is 3.05. The van der Waals surface area contributed by atoms with Gasteiger partial charge in [-0.3, -0.25) is 0 Å². The van der Waals surface area contributed by atoms with Gasteiger partial charge in [0.1, 0.15) is 0 Å². The molecule has 0 fully saturated rings. The molecule has 0 heterocycles. The normalized spacial score (nSPS) is 10.8. The maximum absolute atomic E-state index is 5.75. The predicted molar refractivity (Wildman–Crippen MR) is 58.1 cm³/mol. The van der Waals surface area contributed by atoms with Gasteiger partial charge in [-0.15, -0.1) is 0 Å². The summed E-state index contributed by atoms with van der Waals surface area (Å²) in [4.78, 5) is 0. The van der Waals surface area contributed by atoms with Crippen molar-refractivity contribution in [3.8, 4) is 0 Å². The summed E-state index contributed by atoms with van der Waals surface area (Å²) in [5, 5.41) is 1.12. The number of benzene rings is 1. The molecule has 58 valence electrons. The van der Waals surface area contributed by atoms with Crippen molar-refractivity contribution < 1.29 is 0 Å². The fourth-order valence-corrected chi connectivity index (χ4v) is 1.28. The van der Waals surface area contributed by atoms with Crippen molar-refractivity contribution >= 4 is 52.3 Å². The minimum atomic E-state index is 0.556. The van der Waals surface area contributed by atoms with Crippen LogP contribution in [-0.4, -0.2) is 6.21 Å². The lowest BCUT2D eigenvalue weighted by molar-refractivity contribution is 1.67. The van der Waals surface area contributed by atoms with Crippen molar-refractivity contribution in [1.82, 2.24) is 0 Å². The van der Waals surface area contributed by atoms with Crippen molar-refractivity contribution in [2.24, 2.45) is 3.21 Å². The lowest BCUT2D eigenvalue weighted by Crippen LogP contribution is -1.78. The fraction of sp³-hybridized carbons (Fsp3) is 0. The van der Waals surface area contributed by atoms with Gasteiger partial charge >= 0.3 is 0 Å². The molecule has 0 bridgehead atoms. The van der Waals surface area contributed by atoms with E-state index in [1.165, 1.54) is 0 Å². The number of halogens is 3. The first-order valence-corrected chi connectivity index (χ1v) is 4.55. The Morgan fingerprint density at radius 1 is 1.27 bits per heavy atom. The lowest BCUT2D eigenvalue weighted by atomic mass is 10.2. The molecule has 0 atom stereocenters. The number of nitrogens with zero attached hydrogens (tertiary/aromatic N) is 1. The van der Waals surface area contributed by atoms with E-state index in [4.69, 9.17) is 23.2 Å². The van der Waals surface area contributed by atoms with Crippen LogP contribution in [0.25, 0.3) is 0 Å². The first-order chi connectivity index (χ1) is 5.24. The highest BCUT2D eigenvalue weighted by Crippen LogP contribution is 2.21. The molecule has 0 saturated heterocycles. The number of hydrogen-bond donors (Lipinski definition) is 0. The van der Waals surface area contributed by atoms with E-state index >= 15 is 0 Å². The highest BCUT2D eigenvalue weighted by atomic mass is 127. The molecule has 4 heteroatoms. The summed E-state index contributed by atoms with van der Waals surface area (Å²) in [6, 6.07) is 5.37. The maximum atomic E-state index is 5.75. The van der Waals surface area contributed by atoms with Gasteiger partial charge in [-0.2, -0.15) is 0 Å². The Kier molecular flexibility index (Phi) is 3.62. The molecule has 0 aliphatic heterocycles. The first kappa shape index (κ1) is 9.29. The molecule has 0 aliphatic carbocycles. The van der Waals surface area contributed by atoms with Crippen LogP contribution in [0.4, 0.5) is 0 Å². The lowest BCUT2D eigenvalue weighted by Gasteiger charge is -1.95. The topological polar surface area (TPSA) is 12.4 Å². The van der Waals surface area contributed by atoms with Crippen LogP contribution in [0, 0.1) is 0 Å². The third-order valence-electron chi connectivity index (χ3n) is 1.14. The van der Waals surface area contributed by atoms with Crippen molar-refractivity contribution in [2.75, 3.05) is 0 Å². The van der Waals surface area contributed by atoms with Gasteiger partial charge in [-0.1, -0.05) is 29.3 Å². The summed E-state index contributed by atoms with van der Waals surface area (Å²) in [6.07, 6.45) is 1.71. The van der Waals surface area contributed by atoms with E-state index in [9.17, 15) is 0 Å². The Hall–Kier alpha value is 0.200. The predicted octanol–water partition coefficient (Wildman–Crippen LogP) is 3.76. The van der Waals surface area contributed by atoms with Crippen molar-refractivity contribution in [3.05, 3.63) is 33.8 Å². The highest BCUT2D eigenvalue weighted by Gasteiger charge is 1.96. The minimum Gasteiger partial charge on any atom is -0.223 e. The average Bonchev–Trinajstić information content (AvgIpc) is 1.98. The van der Waals surface area contributed by atoms with Crippen LogP contribution in [0.1, 0.15) is 5.56 Å². The van der Waals surface area contributed by atoms with Gasteiger partial charge in [0.05, 0.1) is 32.9 Å². The monoisotopic (exact) mass is 299 g/mol. The quantitative estimate of drug-likeness (QED) is 0.553. The molecule has 0 unspecified atom stereocenters. The van der Waals surface area contributed by atoms with Gasteiger partial charge in [0.15, 0.2) is 0 Å². The van der Waals surface area contributed by atoms with Gasteiger partial charge < -0.3 is 0 Å². The molecular formula is C7H4Cl2IN. The van der Waals surface area contributed by atoms with Crippen LogP contribution in [0.15, 0.2) is 21.4 Å². The van der Waals surface area contributed by atoms with Gasteiger partial charge in [0.2, 0.25) is 0 Å². The summed E-state index contributed by atoms with van der Waals surface area (Å²) in [7, 11) is 0. The molecule has 0 N–H and O–H groups in total. The highest BCUT2D eigenvalue weighted by molar-refractivity contribution is 14.1. The molecule has 0 radical (unpaired) electrons. The van der Waals surface area contributed by atoms with Gasteiger partial charge in [-0.05, 0) is 17.7 Å². The van der Waals surface area contributed by atoms with Crippen molar-refractivity contribution in [2.45, 2.75) is 0 Å². The number of rotatable bonds is 1. The Morgan fingerprint density at radius 3 is 2.55 bits per heavy atom. The minimum absolute atomic E-state index is 0.556. The molecule has 0 amide bonds. The van der Waals surface area contributed by atoms with E-state index < -0.39 is 0 Å². The Labute approximate surface area is 88.9 Å². The zero-order chi connectivity index (χ0) is 8.27. The molecule has 1 rings (SSSR count). The molecule has 0 spiro atoms. The van der Waals surface area contributed by atoms with E-state index in [2.05, 4.69) is 3.21 Å². The Bertz CT molecular complexity index is 286. The largest absolute Gasteiger partial charge is 0.223 e. The van der Waals surface area contributed by atoms with E-state index in [1.54, 1.807) is 18.3 Å². The molecule has 1 nitrogen and oxygen atoms in total. The summed E-state index contributed by atoms with van der Waals surface area (Å²) in [5.74, 6) is 0. The molecule has 0 aromatic heterocycles. The van der Waals surface area contributed by atoms with Gasteiger partial charge in [0.25, 0.3) is 0 Å². The summed E-state index contributed by atoms with van der Waals surface area (Å²) >= 11 is 13.4. The summed E-state index contributed by atoms with van der Waals surface area (Å²) in [5.41, 5.74) is 0.953. The van der Waals surface area contributed by atoms with E-state index in [1.807, 2.05) is 28.9 Å².